The van der Waals surface area contributed by atoms with Gasteiger partial charge in [-0.25, -0.2) is 4.39 Å². The number of hydrogen-bond donors (Lipinski definition) is 0. The maximum Gasteiger partial charge on any atom is 0.255 e. The molecule has 3 aromatic rings. The Balaban J connectivity index is 2.20. The van der Waals surface area contributed by atoms with Crippen LogP contribution < -0.4 is 4.90 Å². The van der Waals surface area contributed by atoms with E-state index in [1.165, 1.54) is 18.5 Å². The topological polar surface area (TPSA) is 46.3 Å². The fraction of sp³-hybridized carbons (Fsp3) is 0.154. The summed E-state index contributed by atoms with van der Waals surface area (Å²) in [6, 6.07) is 6.18. The summed E-state index contributed by atoms with van der Waals surface area (Å²) < 4.78 is 14.6. The maximum absolute atomic E-state index is 13.0. The molecule has 5 nitrogen and oxygen atoms in total. The highest BCUT2D eigenvalue weighted by Crippen LogP contribution is 2.29. The second-order valence-corrected chi connectivity index (χ2v) is 4.72. The van der Waals surface area contributed by atoms with Gasteiger partial charge in [0.2, 0.25) is 0 Å². The summed E-state index contributed by atoms with van der Waals surface area (Å²) in [5.74, 6) is 0.881. The summed E-state index contributed by atoms with van der Waals surface area (Å²) in [5, 5.41) is 4.52. The van der Waals surface area contributed by atoms with E-state index in [2.05, 4.69) is 15.1 Å². The van der Waals surface area contributed by atoms with Crippen molar-refractivity contribution in [3.05, 3.63) is 47.1 Å². The highest BCUT2D eigenvalue weighted by molar-refractivity contribution is 6.30. The number of nitrogens with zero attached hydrogens (tertiary/aromatic N) is 5. The number of hydrogen-bond acceptors (Lipinski definition) is 4. The lowest BCUT2D eigenvalue weighted by Crippen LogP contribution is -2.16. The van der Waals surface area contributed by atoms with Gasteiger partial charge in [0.1, 0.15) is 23.1 Å². The molecule has 0 aliphatic heterocycles. The van der Waals surface area contributed by atoms with E-state index in [-0.39, 0.29) is 5.82 Å². The third-order valence-electron chi connectivity index (χ3n) is 3.11. The van der Waals surface area contributed by atoms with Crippen LogP contribution in [0.15, 0.2) is 30.6 Å². The van der Waals surface area contributed by atoms with Crippen molar-refractivity contribution in [3.8, 4) is 0 Å². The third kappa shape index (κ3) is 1.98. The van der Waals surface area contributed by atoms with E-state index in [0.29, 0.717) is 10.9 Å². The Morgan fingerprint density at radius 1 is 1.25 bits per heavy atom. The molecular formula is C13H11ClFN5. The van der Waals surface area contributed by atoms with E-state index in [4.69, 9.17) is 11.6 Å². The summed E-state index contributed by atoms with van der Waals surface area (Å²) >= 11 is 6.13. The number of anilines is 2. The van der Waals surface area contributed by atoms with Gasteiger partial charge in [-0.05, 0) is 31.2 Å². The van der Waals surface area contributed by atoms with Gasteiger partial charge in [-0.3, -0.25) is 0 Å². The van der Waals surface area contributed by atoms with Crippen molar-refractivity contribution in [1.82, 2.24) is 19.6 Å². The van der Waals surface area contributed by atoms with Gasteiger partial charge in [0, 0.05) is 18.3 Å². The fourth-order valence-corrected chi connectivity index (χ4v) is 2.22. The molecular weight excluding hydrogens is 281 g/mol. The first-order valence-corrected chi connectivity index (χ1v) is 6.31. The first kappa shape index (κ1) is 12.8. The monoisotopic (exact) mass is 291 g/mol. The minimum absolute atomic E-state index is 0.280. The summed E-state index contributed by atoms with van der Waals surface area (Å²) in [5.41, 5.74) is 1.59. The molecule has 0 N–H and O–H groups in total. The van der Waals surface area contributed by atoms with Crippen molar-refractivity contribution in [1.29, 1.82) is 0 Å². The molecule has 0 saturated carbocycles. The van der Waals surface area contributed by atoms with Gasteiger partial charge < -0.3 is 4.90 Å². The van der Waals surface area contributed by atoms with Crippen LogP contribution in [0.1, 0.15) is 5.56 Å². The molecule has 7 heteroatoms. The quantitative estimate of drug-likeness (QED) is 0.681. The largest absolute Gasteiger partial charge is 0.329 e. The minimum atomic E-state index is -0.280. The third-order valence-corrected chi connectivity index (χ3v) is 3.47. The second-order valence-electron chi connectivity index (χ2n) is 4.36. The number of halogens is 2. The lowest BCUT2D eigenvalue weighted by atomic mass is 10.2. The number of benzene rings is 1. The predicted molar refractivity (Wildman–Crippen MR) is 75.0 cm³/mol. The van der Waals surface area contributed by atoms with Crippen LogP contribution in [0, 0.1) is 12.7 Å². The Labute approximate surface area is 119 Å². The van der Waals surface area contributed by atoms with Crippen LogP contribution in [0.5, 0.6) is 0 Å². The first-order chi connectivity index (χ1) is 9.58. The van der Waals surface area contributed by atoms with Crippen molar-refractivity contribution < 1.29 is 4.39 Å². The van der Waals surface area contributed by atoms with E-state index in [1.54, 1.807) is 16.6 Å². The molecule has 1 aromatic carbocycles. The average Bonchev–Trinajstić information content (AvgIpc) is 2.88. The molecule has 0 bridgehead atoms. The van der Waals surface area contributed by atoms with Crippen LogP contribution >= 0.6 is 11.6 Å². The standard InChI is InChI=1S/C13H11ClFN5/c1-8-11(14)18-13-16-7-17-20(13)12(8)19(2)10-5-3-9(15)4-6-10/h3-7H,1-2H3. The highest BCUT2D eigenvalue weighted by Gasteiger charge is 2.17. The van der Waals surface area contributed by atoms with Crippen molar-refractivity contribution in [2.75, 3.05) is 11.9 Å². The zero-order chi connectivity index (χ0) is 14.3. The summed E-state index contributed by atoms with van der Waals surface area (Å²) in [6.07, 6.45) is 1.42. The van der Waals surface area contributed by atoms with Crippen LogP contribution in [0.2, 0.25) is 5.15 Å². The molecule has 20 heavy (non-hydrogen) atoms. The van der Waals surface area contributed by atoms with E-state index in [9.17, 15) is 4.39 Å². The molecule has 2 heterocycles. The molecule has 0 saturated heterocycles. The van der Waals surface area contributed by atoms with E-state index >= 15 is 0 Å². The van der Waals surface area contributed by atoms with Crippen LogP contribution in [-0.4, -0.2) is 26.6 Å². The molecule has 3 rings (SSSR count). The summed E-state index contributed by atoms with van der Waals surface area (Å²) in [4.78, 5) is 10.1. The zero-order valence-electron chi connectivity index (χ0n) is 10.9. The molecule has 0 radical (unpaired) electrons. The lowest BCUT2D eigenvalue weighted by molar-refractivity contribution is 0.628. The van der Waals surface area contributed by atoms with Gasteiger partial charge in [-0.2, -0.15) is 19.6 Å². The van der Waals surface area contributed by atoms with Crippen molar-refractivity contribution in [2.45, 2.75) is 6.92 Å². The average molecular weight is 292 g/mol. The molecule has 102 valence electrons. The zero-order valence-corrected chi connectivity index (χ0v) is 11.6. The van der Waals surface area contributed by atoms with Crippen LogP contribution in [0.3, 0.4) is 0 Å². The van der Waals surface area contributed by atoms with E-state index < -0.39 is 0 Å². The van der Waals surface area contributed by atoms with Crippen molar-refractivity contribution in [2.24, 2.45) is 0 Å². The lowest BCUT2D eigenvalue weighted by Gasteiger charge is -2.22. The van der Waals surface area contributed by atoms with Gasteiger partial charge in [0.25, 0.3) is 5.78 Å². The van der Waals surface area contributed by atoms with Gasteiger partial charge in [-0.15, -0.1) is 0 Å². The smallest absolute Gasteiger partial charge is 0.255 e. The molecule has 0 aliphatic rings. The van der Waals surface area contributed by atoms with E-state index in [1.807, 2.05) is 18.9 Å². The normalized spacial score (nSPS) is 11.0. The van der Waals surface area contributed by atoms with Crippen molar-refractivity contribution in [3.63, 3.8) is 0 Å². The SMILES string of the molecule is Cc1c(Cl)nc2ncnn2c1N(C)c1ccc(F)cc1. The van der Waals surface area contributed by atoms with Crippen LogP contribution in [0.25, 0.3) is 5.78 Å². The molecule has 0 atom stereocenters. The number of rotatable bonds is 2. The predicted octanol–water partition coefficient (Wildman–Crippen LogP) is 2.99. The molecule has 0 fully saturated rings. The van der Waals surface area contributed by atoms with Gasteiger partial charge in [-0.1, -0.05) is 11.6 Å². The molecule has 0 aliphatic carbocycles. The summed E-state index contributed by atoms with van der Waals surface area (Å²) in [7, 11) is 1.85. The number of fused-ring (bicyclic) bond motifs is 1. The number of aromatic nitrogens is 4. The Bertz CT molecular complexity index is 768. The molecule has 2 aromatic heterocycles. The summed E-state index contributed by atoms with van der Waals surface area (Å²) in [6.45, 7) is 1.85. The van der Waals surface area contributed by atoms with Crippen LogP contribution in [0.4, 0.5) is 15.9 Å². The Kier molecular flexibility index (Phi) is 3.02. The van der Waals surface area contributed by atoms with Crippen LogP contribution in [-0.2, 0) is 0 Å². The van der Waals surface area contributed by atoms with Gasteiger partial charge in [0.05, 0.1) is 0 Å². The van der Waals surface area contributed by atoms with Crippen molar-refractivity contribution >= 4 is 28.9 Å². The van der Waals surface area contributed by atoms with Gasteiger partial charge in [0.15, 0.2) is 0 Å². The molecule has 0 amide bonds. The Hall–Kier alpha value is -2.21. The van der Waals surface area contributed by atoms with E-state index in [0.717, 1.165) is 17.1 Å². The maximum atomic E-state index is 13.0. The molecule has 0 spiro atoms. The first-order valence-electron chi connectivity index (χ1n) is 5.93. The second kappa shape index (κ2) is 4.72. The Morgan fingerprint density at radius 2 is 1.95 bits per heavy atom. The molecule has 0 unspecified atom stereocenters. The highest BCUT2D eigenvalue weighted by atomic mass is 35.5. The van der Waals surface area contributed by atoms with Gasteiger partial charge >= 0.3 is 0 Å². The fourth-order valence-electron chi connectivity index (χ4n) is 2.06. The minimum Gasteiger partial charge on any atom is -0.329 e. The Morgan fingerprint density at radius 3 is 2.65 bits per heavy atom.